The zero-order valence-corrected chi connectivity index (χ0v) is 18.4. The Balaban J connectivity index is 0.00000450. The molecule has 0 saturated heterocycles. The number of nitrogens with zero attached hydrogens (tertiary/aromatic N) is 2. The number of ether oxygens (including phenoxy) is 1. The Labute approximate surface area is 189 Å². The van der Waals surface area contributed by atoms with Gasteiger partial charge in [0.2, 0.25) is 0 Å². The minimum absolute atomic E-state index is 0. The van der Waals surface area contributed by atoms with Gasteiger partial charge in [0.05, 0.1) is 18.2 Å². The molecule has 0 spiro atoms. The lowest BCUT2D eigenvalue weighted by Gasteiger charge is -2.13. The molecule has 0 aliphatic heterocycles. The molecule has 0 unspecified atom stereocenters. The van der Waals surface area contributed by atoms with Crippen LogP contribution in [-0.2, 0) is 24.4 Å². The van der Waals surface area contributed by atoms with Crippen LogP contribution < -0.4 is 10.6 Å². The maximum atomic E-state index is 13.8. The predicted octanol–water partition coefficient (Wildman–Crippen LogP) is 4.26. The van der Waals surface area contributed by atoms with Crippen molar-refractivity contribution >= 4 is 29.9 Å². The van der Waals surface area contributed by atoms with Crippen molar-refractivity contribution < 1.29 is 22.3 Å². The van der Waals surface area contributed by atoms with Crippen molar-refractivity contribution in [1.82, 2.24) is 10.6 Å². The van der Waals surface area contributed by atoms with Crippen molar-refractivity contribution in [2.24, 2.45) is 4.99 Å². The van der Waals surface area contributed by atoms with Gasteiger partial charge in [-0.05, 0) is 29.3 Å². The number of alkyl halides is 3. The van der Waals surface area contributed by atoms with E-state index in [-0.39, 0.29) is 37.1 Å². The van der Waals surface area contributed by atoms with Crippen LogP contribution in [0.1, 0.15) is 22.3 Å². The Morgan fingerprint density at radius 1 is 1.07 bits per heavy atom. The second-order valence-electron chi connectivity index (χ2n) is 6.12. The van der Waals surface area contributed by atoms with Gasteiger partial charge in [-0.1, -0.05) is 24.3 Å². The molecule has 0 amide bonds. The molecule has 0 aliphatic carbocycles. The number of benzene rings is 2. The third-order valence-corrected chi connectivity index (χ3v) is 3.86. The first-order valence-electron chi connectivity index (χ1n) is 8.66. The van der Waals surface area contributed by atoms with Gasteiger partial charge in [-0.3, -0.25) is 4.99 Å². The van der Waals surface area contributed by atoms with Gasteiger partial charge in [-0.15, -0.1) is 24.0 Å². The summed E-state index contributed by atoms with van der Waals surface area (Å²) in [7, 11) is 1.57. The van der Waals surface area contributed by atoms with Gasteiger partial charge in [0.25, 0.3) is 0 Å². The maximum absolute atomic E-state index is 13.8. The van der Waals surface area contributed by atoms with E-state index in [2.05, 4.69) is 20.4 Å². The Bertz CT molecular complexity index is 880. The molecular weight excluding hydrogens is 515 g/mol. The quantitative estimate of drug-likeness (QED) is 0.240. The van der Waals surface area contributed by atoms with Crippen LogP contribution in [0, 0.1) is 17.1 Å². The summed E-state index contributed by atoms with van der Waals surface area (Å²) < 4.78 is 54.7. The van der Waals surface area contributed by atoms with Gasteiger partial charge in [0.15, 0.2) is 5.96 Å². The first-order chi connectivity index (χ1) is 13.8. The minimum atomic E-state index is -4.34. The van der Waals surface area contributed by atoms with E-state index in [1.807, 2.05) is 6.07 Å². The lowest BCUT2D eigenvalue weighted by molar-refractivity contribution is -0.176. The van der Waals surface area contributed by atoms with Crippen LogP contribution >= 0.6 is 24.0 Å². The number of guanidine groups is 1. The second-order valence-corrected chi connectivity index (χ2v) is 6.12. The lowest BCUT2D eigenvalue weighted by Crippen LogP contribution is -2.36. The average molecular weight is 536 g/mol. The van der Waals surface area contributed by atoms with E-state index in [1.165, 1.54) is 18.2 Å². The number of rotatable bonds is 7. The molecule has 0 bridgehead atoms. The highest BCUT2D eigenvalue weighted by molar-refractivity contribution is 14.0. The first kappa shape index (κ1) is 25.6. The van der Waals surface area contributed by atoms with Crippen molar-refractivity contribution in [3.05, 3.63) is 70.5 Å². The van der Waals surface area contributed by atoms with Crippen molar-refractivity contribution in [2.45, 2.75) is 25.9 Å². The SMILES string of the molecule is CN=C(NCc1ccc(COCC(F)(F)F)cc1)NCc1cc(C#N)ccc1F.I. The van der Waals surface area contributed by atoms with E-state index < -0.39 is 18.6 Å². The smallest absolute Gasteiger partial charge is 0.367 e. The van der Waals surface area contributed by atoms with Gasteiger partial charge in [-0.2, -0.15) is 18.4 Å². The largest absolute Gasteiger partial charge is 0.411 e. The van der Waals surface area contributed by atoms with Crippen LogP contribution in [-0.4, -0.2) is 25.8 Å². The van der Waals surface area contributed by atoms with Gasteiger partial charge in [0.1, 0.15) is 12.4 Å². The topological polar surface area (TPSA) is 69.4 Å². The third kappa shape index (κ3) is 8.96. The summed E-state index contributed by atoms with van der Waals surface area (Å²) in [5.74, 6) is 0.0135. The molecule has 0 heterocycles. The summed E-state index contributed by atoms with van der Waals surface area (Å²) in [5.41, 5.74) is 2.22. The molecule has 162 valence electrons. The molecule has 30 heavy (non-hydrogen) atoms. The third-order valence-electron chi connectivity index (χ3n) is 3.86. The summed E-state index contributed by atoms with van der Waals surface area (Å²) in [6.45, 7) is -0.847. The predicted molar refractivity (Wildman–Crippen MR) is 116 cm³/mol. The fraction of sp³-hybridized carbons (Fsp3) is 0.300. The van der Waals surface area contributed by atoms with Crippen molar-refractivity contribution in [3.63, 3.8) is 0 Å². The van der Waals surface area contributed by atoms with Crippen LogP contribution in [0.2, 0.25) is 0 Å². The van der Waals surface area contributed by atoms with Crippen molar-refractivity contribution in [3.8, 4) is 6.07 Å². The molecule has 0 radical (unpaired) electrons. The molecular formula is C20H21F4IN4O. The normalized spacial score (nSPS) is 11.4. The number of halogens is 5. The number of aliphatic imine (C=N–C) groups is 1. The van der Waals surface area contributed by atoms with Crippen molar-refractivity contribution in [2.75, 3.05) is 13.7 Å². The Hall–Kier alpha value is -2.39. The lowest BCUT2D eigenvalue weighted by atomic mass is 10.1. The Kier molecular flexibility index (Phi) is 10.5. The molecule has 2 aromatic rings. The highest BCUT2D eigenvalue weighted by Gasteiger charge is 2.27. The molecule has 2 rings (SSSR count). The monoisotopic (exact) mass is 536 g/mol. The second kappa shape index (κ2) is 12.3. The summed E-state index contributed by atoms with van der Waals surface area (Å²) in [4.78, 5) is 4.05. The van der Waals surface area contributed by atoms with E-state index in [0.717, 1.165) is 5.56 Å². The van der Waals surface area contributed by atoms with E-state index in [1.54, 1.807) is 31.3 Å². The average Bonchev–Trinajstić information content (AvgIpc) is 2.69. The zero-order valence-electron chi connectivity index (χ0n) is 16.1. The van der Waals surface area contributed by atoms with Crippen LogP contribution in [0.25, 0.3) is 0 Å². The van der Waals surface area contributed by atoms with Crippen LogP contribution in [0.3, 0.4) is 0 Å². The van der Waals surface area contributed by atoms with Gasteiger partial charge in [-0.25, -0.2) is 4.39 Å². The number of hydrogen-bond acceptors (Lipinski definition) is 3. The van der Waals surface area contributed by atoms with E-state index in [0.29, 0.717) is 29.2 Å². The highest BCUT2D eigenvalue weighted by Crippen LogP contribution is 2.16. The van der Waals surface area contributed by atoms with Crippen LogP contribution in [0.5, 0.6) is 0 Å². The van der Waals surface area contributed by atoms with Crippen molar-refractivity contribution in [1.29, 1.82) is 5.26 Å². The molecule has 0 fully saturated rings. The van der Waals surface area contributed by atoms with Gasteiger partial charge >= 0.3 is 6.18 Å². The molecule has 2 N–H and O–H groups in total. The van der Waals surface area contributed by atoms with E-state index >= 15 is 0 Å². The van der Waals surface area contributed by atoms with Gasteiger partial charge < -0.3 is 15.4 Å². The van der Waals surface area contributed by atoms with E-state index in [4.69, 9.17) is 5.26 Å². The molecule has 10 heteroatoms. The minimum Gasteiger partial charge on any atom is -0.367 e. The standard InChI is InChI=1S/C20H20F4N4O.HI/c1-26-19(28-11-17-8-16(9-25)6-7-18(17)21)27-10-14-2-4-15(5-3-14)12-29-13-20(22,23)24;/h2-8H,10-13H2,1H3,(H2,26,27,28);1H. The molecule has 0 saturated carbocycles. The number of hydrogen-bond donors (Lipinski definition) is 2. The van der Waals surface area contributed by atoms with Crippen LogP contribution in [0.15, 0.2) is 47.5 Å². The van der Waals surface area contributed by atoms with E-state index in [9.17, 15) is 17.6 Å². The summed E-state index contributed by atoms with van der Waals surface area (Å²) in [6, 6.07) is 13.0. The maximum Gasteiger partial charge on any atom is 0.411 e. The Morgan fingerprint density at radius 2 is 1.70 bits per heavy atom. The molecule has 2 aromatic carbocycles. The molecule has 0 aromatic heterocycles. The fourth-order valence-electron chi connectivity index (χ4n) is 2.40. The Morgan fingerprint density at radius 3 is 2.30 bits per heavy atom. The summed E-state index contributed by atoms with van der Waals surface area (Å²) >= 11 is 0. The molecule has 5 nitrogen and oxygen atoms in total. The first-order valence-corrected chi connectivity index (χ1v) is 8.66. The zero-order chi connectivity index (χ0) is 21.3. The molecule has 0 aliphatic rings. The summed E-state index contributed by atoms with van der Waals surface area (Å²) in [5, 5.41) is 14.9. The highest BCUT2D eigenvalue weighted by atomic mass is 127. The van der Waals surface area contributed by atoms with Gasteiger partial charge in [0, 0.05) is 25.7 Å². The summed E-state index contributed by atoms with van der Waals surface area (Å²) in [6.07, 6.45) is -4.34. The fourth-order valence-corrected chi connectivity index (χ4v) is 2.40. The molecule has 0 atom stereocenters. The number of nitriles is 1. The number of nitrogens with one attached hydrogen (secondary N) is 2. The van der Waals surface area contributed by atoms with Crippen LogP contribution in [0.4, 0.5) is 17.6 Å².